The molecule has 0 unspecified atom stereocenters. The third kappa shape index (κ3) is 4.41. The zero-order chi connectivity index (χ0) is 16.7. The number of anilines is 2. The molecule has 2 rings (SSSR count). The molecule has 118 valence electrons. The minimum Gasteiger partial charge on any atom is -0.465 e. The number of nitrogens with one attached hydrogen (secondary N) is 2. The topological polar surface area (TPSA) is 80.3 Å². The van der Waals surface area contributed by atoms with Crippen molar-refractivity contribution in [3.63, 3.8) is 0 Å². The van der Waals surface area contributed by atoms with Crippen LogP contribution in [0.3, 0.4) is 0 Å². The Kier molecular flexibility index (Phi) is 5.46. The number of rotatable bonds is 6. The molecule has 6 heteroatoms. The van der Waals surface area contributed by atoms with Crippen molar-refractivity contribution in [3.8, 4) is 0 Å². The van der Waals surface area contributed by atoms with Crippen LogP contribution in [0, 0.1) is 0 Å². The second-order valence-corrected chi connectivity index (χ2v) is 4.62. The molecule has 0 radical (unpaired) electrons. The van der Waals surface area contributed by atoms with Crippen LogP contribution in [0.1, 0.15) is 20.7 Å². The van der Waals surface area contributed by atoms with Crippen LogP contribution in [0.5, 0.6) is 0 Å². The Morgan fingerprint density at radius 3 is 2.43 bits per heavy atom. The number of methoxy groups -OCH3 is 1. The third-order valence-corrected chi connectivity index (χ3v) is 3.01. The number of hydrogen-bond acceptors (Lipinski definition) is 5. The minimum absolute atomic E-state index is 0.202. The molecule has 0 fully saturated rings. The van der Waals surface area contributed by atoms with E-state index in [2.05, 4.69) is 26.9 Å². The van der Waals surface area contributed by atoms with Crippen LogP contribution >= 0.6 is 0 Å². The molecule has 2 N–H and O–H groups in total. The fraction of sp³-hybridized carbons (Fsp3) is 0.118. The molecular weight excluding hydrogens is 294 g/mol. The highest BCUT2D eigenvalue weighted by molar-refractivity contribution is 5.94. The summed E-state index contributed by atoms with van der Waals surface area (Å²) in [6, 6.07) is 10.2. The number of carbonyl (C=O) groups is 2. The summed E-state index contributed by atoms with van der Waals surface area (Å²) in [7, 11) is 1.34. The molecular formula is C17H17N3O3. The van der Waals surface area contributed by atoms with Crippen molar-refractivity contribution < 1.29 is 14.3 Å². The van der Waals surface area contributed by atoms with Crippen LogP contribution in [0.15, 0.2) is 55.3 Å². The normalized spacial score (nSPS) is 9.78. The summed E-state index contributed by atoms with van der Waals surface area (Å²) in [5.74, 6) is 0.00651. The van der Waals surface area contributed by atoms with Crippen molar-refractivity contribution in [1.29, 1.82) is 0 Å². The van der Waals surface area contributed by atoms with Gasteiger partial charge in [-0.05, 0) is 36.4 Å². The molecule has 6 nitrogen and oxygen atoms in total. The Hall–Kier alpha value is -3.15. The second-order valence-electron chi connectivity index (χ2n) is 4.62. The van der Waals surface area contributed by atoms with Crippen LogP contribution in [0.2, 0.25) is 0 Å². The van der Waals surface area contributed by atoms with Gasteiger partial charge in [0.25, 0.3) is 5.91 Å². The Labute approximate surface area is 134 Å². The van der Waals surface area contributed by atoms with E-state index in [9.17, 15) is 9.59 Å². The molecule has 1 aromatic heterocycles. The number of aromatic nitrogens is 1. The van der Waals surface area contributed by atoms with Gasteiger partial charge in [0.2, 0.25) is 0 Å². The van der Waals surface area contributed by atoms with Crippen LogP contribution in [0.4, 0.5) is 11.5 Å². The van der Waals surface area contributed by atoms with Gasteiger partial charge in [0.05, 0.1) is 18.2 Å². The fourth-order valence-corrected chi connectivity index (χ4v) is 1.82. The van der Waals surface area contributed by atoms with E-state index in [4.69, 9.17) is 0 Å². The summed E-state index contributed by atoms with van der Waals surface area (Å²) in [4.78, 5) is 27.3. The lowest BCUT2D eigenvalue weighted by atomic mass is 10.2. The molecule has 0 saturated heterocycles. The number of hydrogen-bond donors (Lipinski definition) is 2. The SMILES string of the molecule is C=CCNC(=O)c1ccc(Nc2ccc(C(=O)OC)cc2)nc1. The number of ether oxygens (including phenoxy) is 1. The largest absolute Gasteiger partial charge is 0.465 e. The van der Waals surface area contributed by atoms with Gasteiger partial charge in [0, 0.05) is 18.4 Å². The molecule has 0 spiro atoms. The van der Waals surface area contributed by atoms with Gasteiger partial charge in [-0.15, -0.1) is 6.58 Å². The Morgan fingerprint density at radius 1 is 1.17 bits per heavy atom. The fourth-order valence-electron chi connectivity index (χ4n) is 1.82. The summed E-state index contributed by atoms with van der Waals surface area (Å²) >= 11 is 0. The van der Waals surface area contributed by atoms with Gasteiger partial charge in [-0.1, -0.05) is 6.08 Å². The molecule has 0 aliphatic carbocycles. The Morgan fingerprint density at radius 2 is 1.87 bits per heavy atom. The summed E-state index contributed by atoms with van der Waals surface area (Å²) in [5, 5.41) is 5.77. The van der Waals surface area contributed by atoms with Crippen molar-refractivity contribution in [2.75, 3.05) is 19.0 Å². The van der Waals surface area contributed by atoms with E-state index in [0.717, 1.165) is 5.69 Å². The van der Waals surface area contributed by atoms with Crippen LogP contribution in [-0.4, -0.2) is 30.5 Å². The van der Waals surface area contributed by atoms with E-state index in [1.54, 1.807) is 42.5 Å². The molecule has 0 aliphatic rings. The van der Waals surface area contributed by atoms with Gasteiger partial charge >= 0.3 is 5.97 Å². The standard InChI is InChI=1S/C17H17N3O3/c1-3-10-18-16(21)13-6-9-15(19-11-13)20-14-7-4-12(5-8-14)17(22)23-2/h3-9,11H,1,10H2,2H3,(H,18,21)(H,19,20). The van der Waals surface area contributed by atoms with Gasteiger partial charge in [0.1, 0.15) is 5.82 Å². The maximum Gasteiger partial charge on any atom is 0.337 e. The quantitative estimate of drug-likeness (QED) is 0.633. The molecule has 1 amide bonds. The van der Waals surface area contributed by atoms with Gasteiger partial charge in [-0.25, -0.2) is 9.78 Å². The van der Waals surface area contributed by atoms with Crippen molar-refractivity contribution >= 4 is 23.4 Å². The Bertz CT molecular complexity index is 694. The van der Waals surface area contributed by atoms with Crippen LogP contribution < -0.4 is 10.6 Å². The number of carbonyl (C=O) groups excluding carboxylic acids is 2. The molecule has 0 saturated carbocycles. The van der Waals surface area contributed by atoms with E-state index < -0.39 is 0 Å². The summed E-state index contributed by atoms with van der Waals surface area (Å²) in [6.07, 6.45) is 3.10. The number of amides is 1. The number of esters is 1. The molecule has 1 heterocycles. The highest BCUT2D eigenvalue weighted by Crippen LogP contribution is 2.16. The molecule has 1 aromatic carbocycles. The van der Waals surface area contributed by atoms with Crippen molar-refractivity contribution in [1.82, 2.24) is 10.3 Å². The lowest BCUT2D eigenvalue weighted by Crippen LogP contribution is -2.23. The maximum atomic E-state index is 11.7. The maximum absolute atomic E-state index is 11.7. The van der Waals surface area contributed by atoms with E-state index in [1.807, 2.05) is 0 Å². The molecule has 0 aliphatic heterocycles. The summed E-state index contributed by atoms with van der Waals surface area (Å²) < 4.78 is 4.64. The van der Waals surface area contributed by atoms with Crippen molar-refractivity contribution in [3.05, 3.63) is 66.4 Å². The first-order chi connectivity index (χ1) is 11.1. The lowest BCUT2D eigenvalue weighted by molar-refractivity contribution is 0.0600. The number of benzene rings is 1. The second kappa shape index (κ2) is 7.74. The lowest BCUT2D eigenvalue weighted by Gasteiger charge is -2.07. The van der Waals surface area contributed by atoms with Crippen LogP contribution in [-0.2, 0) is 4.74 Å². The monoisotopic (exact) mass is 311 g/mol. The molecule has 23 heavy (non-hydrogen) atoms. The first kappa shape index (κ1) is 16.2. The summed E-state index contributed by atoms with van der Waals surface area (Å²) in [5.41, 5.74) is 1.72. The van der Waals surface area contributed by atoms with Gasteiger partial charge in [-0.3, -0.25) is 4.79 Å². The first-order valence-corrected chi connectivity index (χ1v) is 6.94. The highest BCUT2D eigenvalue weighted by atomic mass is 16.5. The minimum atomic E-state index is -0.385. The predicted molar refractivity (Wildman–Crippen MR) is 87.8 cm³/mol. The van der Waals surface area contributed by atoms with Crippen molar-refractivity contribution in [2.45, 2.75) is 0 Å². The average molecular weight is 311 g/mol. The van der Waals surface area contributed by atoms with E-state index in [0.29, 0.717) is 23.5 Å². The average Bonchev–Trinajstić information content (AvgIpc) is 2.60. The zero-order valence-electron chi connectivity index (χ0n) is 12.7. The number of pyridine rings is 1. The summed E-state index contributed by atoms with van der Waals surface area (Å²) in [6.45, 7) is 3.95. The smallest absolute Gasteiger partial charge is 0.337 e. The van der Waals surface area contributed by atoms with Crippen LogP contribution in [0.25, 0.3) is 0 Å². The van der Waals surface area contributed by atoms with E-state index in [1.165, 1.54) is 13.3 Å². The van der Waals surface area contributed by atoms with Gasteiger partial charge in [0.15, 0.2) is 0 Å². The highest BCUT2D eigenvalue weighted by Gasteiger charge is 2.06. The third-order valence-electron chi connectivity index (χ3n) is 3.01. The van der Waals surface area contributed by atoms with E-state index >= 15 is 0 Å². The first-order valence-electron chi connectivity index (χ1n) is 6.94. The Balaban J connectivity index is 2.02. The molecule has 0 atom stereocenters. The van der Waals surface area contributed by atoms with Gasteiger partial charge < -0.3 is 15.4 Å². The van der Waals surface area contributed by atoms with E-state index in [-0.39, 0.29) is 11.9 Å². The number of nitrogens with zero attached hydrogens (tertiary/aromatic N) is 1. The molecule has 0 bridgehead atoms. The van der Waals surface area contributed by atoms with Crippen molar-refractivity contribution in [2.24, 2.45) is 0 Å². The molecule has 2 aromatic rings. The van der Waals surface area contributed by atoms with Gasteiger partial charge in [-0.2, -0.15) is 0 Å². The zero-order valence-corrected chi connectivity index (χ0v) is 12.7. The predicted octanol–water partition coefficient (Wildman–Crippen LogP) is 2.53.